The fourth-order valence-electron chi connectivity index (χ4n) is 3.64. The van der Waals surface area contributed by atoms with Gasteiger partial charge >= 0.3 is 18.6 Å². The molecule has 0 spiro atoms. The lowest BCUT2D eigenvalue weighted by Gasteiger charge is -2.36. The first kappa shape index (κ1) is 24.5. The van der Waals surface area contributed by atoms with Crippen molar-refractivity contribution in [3.05, 3.63) is 81.8 Å². The van der Waals surface area contributed by atoms with E-state index < -0.39 is 35.9 Å². The Hall–Kier alpha value is -4.10. The molecule has 0 radical (unpaired) electrons. The van der Waals surface area contributed by atoms with Crippen LogP contribution in [-0.4, -0.2) is 32.8 Å². The zero-order valence-corrected chi connectivity index (χ0v) is 18.7. The van der Waals surface area contributed by atoms with Gasteiger partial charge in [-0.05, 0) is 17.7 Å². The van der Waals surface area contributed by atoms with Crippen molar-refractivity contribution in [1.29, 1.82) is 5.26 Å². The number of esters is 2. The topological polar surface area (TPSA) is 115 Å². The second-order valence-corrected chi connectivity index (χ2v) is 7.21. The summed E-state index contributed by atoms with van der Waals surface area (Å²) in [7, 11) is 2.16. The fraction of sp³-hybridized carbons (Fsp3) is 0.174. The molecule has 2 aromatic carbocycles. The van der Waals surface area contributed by atoms with Crippen LogP contribution in [0.1, 0.15) is 11.5 Å². The largest absolute Gasteiger partial charge is 0.466 e. The van der Waals surface area contributed by atoms with Crippen molar-refractivity contribution in [2.45, 2.75) is 12.5 Å². The average molecular weight is 490 g/mol. The molecule has 0 amide bonds. The second-order valence-electron chi connectivity index (χ2n) is 6.80. The van der Waals surface area contributed by atoms with Gasteiger partial charge in [-0.2, -0.15) is 14.0 Å². The SMILES string of the molecule is COC(=O)C1=C(C(=O)OC)N(c2cccc(Cl)c2OC(F)F)C(N)=C(C#N)C1c1ccccc1. The number of nitriles is 1. The zero-order chi connectivity index (χ0) is 25.0. The predicted molar refractivity (Wildman–Crippen MR) is 118 cm³/mol. The number of alkyl halides is 2. The molecule has 0 fully saturated rings. The van der Waals surface area contributed by atoms with E-state index in [4.69, 9.17) is 26.8 Å². The number of para-hydroxylation sites is 1. The molecule has 0 aliphatic carbocycles. The van der Waals surface area contributed by atoms with E-state index in [-0.39, 0.29) is 27.7 Å². The zero-order valence-electron chi connectivity index (χ0n) is 17.9. The Morgan fingerprint density at radius 2 is 1.74 bits per heavy atom. The van der Waals surface area contributed by atoms with Gasteiger partial charge in [-0.25, -0.2) is 9.59 Å². The molecule has 1 unspecified atom stereocenters. The van der Waals surface area contributed by atoms with Crippen LogP contribution in [0.15, 0.2) is 71.2 Å². The summed E-state index contributed by atoms with van der Waals surface area (Å²) in [5, 5.41) is 9.77. The Labute approximate surface area is 198 Å². The van der Waals surface area contributed by atoms with E-state index in [0.29, 0.717) is 5.56 Å². The minimum atomic E-state index is -3.27. The van der Waals surface area contributed by atoms with E-state index >= 15 is 0 Å². The standard InChI is InChI=1S/C23H18ClF2N3O5/c1-32-21(30)17-16(12-7-4-3-5-8-12)13(11-27)20(28)29(18(17)22(31)33-2)15-10-6-9-14(24)19(15)34-23(25)26/h3-10,16,23H,28H2,1-2H3. The van der Waals surface area contributed by atoms with Crippen molar-refractivity contribution in [3.8, 4) is 11.8 Å². The van der Waals surface area contributed by atoms with E-state index in [1.54, 1.807) is 30.3 Å². The van der Waals surface area contributed by atoms with E-state index in [2.05, 4.69) is 4.74 Å². The summed E-state index contributed by atoms with van der Waals surface area (Å²) in [6, 6.07) is 14.3. The number of benzene rings is 2. The summed E-state index contributed by atoms with van der Waals surface area (Å²) in [6.07, 6.45) is 0. The number of anilines is 1. The predicted octanol–water partition coefficient (Wildman–Crippen LogP) is 3.84. The number of halogens is 3. The number of nitrogens with zero attached hydrogens (tertiary/aromatic N) is 2. The number of rotatable bonds is 6. The minimum absolute atomic E-state index is 0.137. The van der Waals surface area contributed by atoms with Crippen molar-refractivity contribution in [1.82, 2.24) is 0 Å². The minimum Gasteiger partial charge on any atom is -0.466 e. The quantitative estimate of drug-likeness (QED) is 0.609. The van der Waals surface area contributed by atoms with Crippen molar-refractivity contribution in [3.63, 3.8) is 0 Å². The molecule has 8 nitrogen and oxygen atoms in total. The number of methoxy groups -OCH3 is 2. The number of nitrogens with two attached hydrogens (primary N) is 1. The van der Waals surface area contributed by atoms with E-state index in [1.165, 1.54) is 18.2 Å². The van der Waals surface area contributed by atoms with Crippen molar-refractivity contribution in [2.24, 2.45) is 5.73 Å². The molecular formula is C23H18ClF2N3O5. The van der Waals surface area contributed by atoms with Gasteiger partial charge in [0, 0.05) is 0 Å². The number of hydrogen-bond donors (Lipinski definition) is 1. The maximum atomic E-state index is 13.2. The number of ether oxygens (including phenoxy) is 3. The van der Waals surface area contributed by atoms with Crippen LogP contribution in [0.4, 0.5) is 14.5 Å². The molecule has 0 aromatic heterocycles. The Morgan fingerprint density at radius 3 is 2.29 bits per heavy atom. The monoisotopic (exact) mass is 489 g/mol. The number of allylic oxidation sites excluding steroid dienone is 1. The highest BCUT2D eigenvalue weighted by atomic mass is 35.5. The molecule has 34 heavy (non-hydrogen) atoms. The molecule has 1 heterocycles. The molecule has 11 heteroatoms. The van der Waals surface area contributed by atoms with Gasteiger partial charge in [0.15, 0.2) is 5.75 Å². The first-order valence-corrected chi connectivity index (χ1v) is 10.0. The smallest absolute Gasteiger partial charge is 0.387 e. The molecule has 1 aliphatic rings. The first-order chi connectivity index (χ1) is 16.3. The van der Waals surface area contributed by atoms with Crippen LogP contribution in [0.25, 0.3) is 0 Å². The van der Waals surface area contributed by atoms with Gasteiger partial charge in [-0.3, -0.25) is 4.90 Å². The Bertz CT molecular complexity index is 1220. The highest BCUT2D eigenvalue weighted by Gasteiger charge is 2.43. The molecular weight excluding hydrogens is 472 g/mol. The third-order valence-corrected chi connectivity index (χ3v) is 5.30. The van der Waals surface area contributed by atoms with Crippen molar-refractivity contribution < 1.29 is 32.6 Å². The molecule has 1 aliphatic heterocycles. The molecule has 1 atom stereocenters. The van der Waals surface area contributed by atoms with Crippen LogP contribution in [0.5, 0.6) is 5.75 Å². The van der Waals surface area contributed by atoms with E-state index in [0.717, 1.165) is 19.1 Å². The van der Waals surface area contributed by atoms with Crippen LogP contribution in [0.2, 0.25) is 5.02 Å². The maximum absolute atomic E-state index is 13.2. The highest BCUT2D eigenvalue weighted by Crippen LogP contribution is 2.46. The Kier molecular flexibility index (Phi) is 7.38. The summed E-state index contributed by atoms with van der Waals surface area (Å²) in [5.41, 5.74) is 5.71. The Morgan fingerprint density at radius 1 is 1.09 bits per heavy atom. The number of carbonyl (C=O) groups excluding carboxylic acids is 2. The molecule has 3 rings (SSSR count). The van der Waals surface area contributed by atoms with Gasteiger partial charge in [0.1, 0.15) is 11.5 Å². The van der Waals surface area contributed by atoms with Gasteiger partial charge in [0.05, 0.1) is 48.1 Å². The van der Waals surface area contributed by atoms with Crippen LogP contribution >= 0.6 is 11.6 Å². The molecule has 2 N–H and O–H groups in total. The van der Waals surface area contributed by atoms with Crippen molar-refractivity contribution >= 4 is 29.2 Å². The van der Waals surface area contributed by atoms with Gasteiger partial charge in [-0.15, -0.1) is 0 Å². The fourth-order valence-corrected chi connectivity index (χ4v) is 3.86. The van der Waals surface area contributed by atoms with Crippen LogP contribution in [0, 0.1) is 11.3 Å². The first-order valence-electron chi connectivity index (χ1n) is 9.65. The Balaban J connectivity index is 2.45. The normalized spacial score (nSPS) is 15.8. The second kappa shape index (κ2) is 10.2. The molecule has 0 saturated heterocycles. The van der Waals surface area contributed by atoms with E-state index in [9.17, 15) is 23.6 Å². The lowest BCUT2D eigenvalue weighted by Crippen LogP contribution is -2.41. The number of carbonyl (C=O) groups is 2. The summed E-state index contributed by atoms with van der Waals surface area (Å²) >= 11 is 6.09. The van der Waals surface area contributed by atoms with Crippen LogP contribution in [-0.2, 0) is 19.1 Å². The van der Waals surface area contributed by atoms with Gasteiger partial charge in [0.2, 0.25) is 0 Å². The highest BCUT2D eigenvalue weighted by molar-refractivity contribution is 6.32. The average Bonchev–Trinajstić information content (AvgIpc) is 2.84. The molecule has 0 saturated carbocycles. The number of hydrogen-bond acceptors (Lipinski definition) is 8. The van der Waals surface area contributed by atoms with Crippen LogP contribution in [0.3, 0.4) is 0 Å². The van der Waals surface area contributed by atoms with Crippen LogP contribution < -0.4 is 15.4 Å². The lowest BCUT2D eigenvalue weighted by atomic mass is 9.81. The van der Waals surface area contributed by atoms with Gasteiger partial charge in [-0.1, -0.05) is 48.0 Å². The van der Waals surface area contributed by atoms with E-state index in [1.807, 2.05) is 6.07 Å². The summed E-state index contributed by atoms with van der Waals surface area (Å²) in [4.78, 5) is 26.9. The molecule has 2 aromatic rings. The van der Waals surface area contributed by atoms with Gasteiger partial charge < -0.3 is 19.9 Å². The summed E-state index contributed by atoms with van der Waals surface area (Å²) < 4.78 is 40.7. The molecule has 0 bridgehead atoms. The summed E-state index contributed by atoms with van der Waals surface area (Å²) in [6.45, 7) is -3.27. The third-order valence-electron chi connectivity index (χ3n) is 5.00. The van der Waals surface area contributed by atoms with Gasteiger partial charge in [0.25, 0.3) is 0 Å². The maximum Gasteiger partial charge on any atom is 0.387 e. The molecule has 176 valence electrons. The summed E-state index contributed by atoms with van der Waals surface area (Å²) in [5.74, 6) is -3.95. The lowest BCUT2D eigenvalue weighted by molar-refractivity contribution is -0.139. The van der Waals surface area contributed by atoms with Crippen molar-refractivity contribution in [2.75, 3.05) is 19.1 Å². The third kappa shape index (κ3) is 4.38.